The van der Waals surface area contributed by atoms with Crippen molar-refractivity contribution in [2.45, 2.75) is 26.2 Å². The largest absolute Gasteiger partial charge is 0.383 e. The number of likely N-dealkylation sites (N-methyl/N-ethyl adjacent to an activating group) is 1. The topological polar surface area (TPSA) is 106 Å². The summed E-state index contributed by atoms with van der Waals surface area (Å²) >= 11 is 0. The molecule has 5 rings (SSSR count). The molecule has 0 radical (unpaired) electrons. The Morgan fingerprint density at radius 2 is 1.77 bits per heavy atom. The third kappa shape index (κ3) is 4.92. The average molecular weight is 547 g/mol. The summed E-state index contributed by atoms with van der Waals surface area (Å²) in [7, 11) is 1.12. The van der Waals surface area contributed by atoms with Crippen LogP contribution in [0.5, 0.6) is 0 Å². The highest BCUT2D eigenvalue weighted by Crippen LogP contribution is 2.42. The van der Waals surface area contributed by atoms with Gasteiger partial charge in [-0.05, 0) is 55.2 Å². The van der Waals surface area contributed by atoms with Crippen molar-refractivity contribution < 1.29 is 13.4 Å². The zero-order valence-corrected chi connectivity index (χ0v) is 23.1. The first kappa shape index (κ1) is 26.6. The van der Waals surface area contributed by atoms with Gasteiger partial charge in [0.1, 0.15) is 29.3 Å². The fraction of sp³-hybridized carbons (Fsp3) is 0.276. The van der Waals surface area contributed by atoms with Gasteiger partial charge in [0.25, 0.3) is 5.91 Å². The Balaban J connectivity index is 1.65. The van der Waals surface area contributed by atoms with Gasteiger partial charge >= 0.3 is 0 Å². The lowest BCUT2D eigenvalue weighted by Gasteiger charge is -2.18. The number of aryl methyl sites for hydroxylation is 1. The van der Waals surface area contributed by atoms with E-state index in [2.05, 4.69) is 20.9 Å². The second-order valence-electron chi connectivity index (χ2n) is 9.93. The normalized spacial score (nSPS) is 14.8. The van der Waals surface area contributed by atoms with Crippen molar-refractivity contribution in [1.29, 1.82) is 0 Å². The minimum atomic E-state index is -2.45. The molecular weight excluding hydrogens is 515 g/mol. The molecule has 202 valence electrons. The van der Waals surface area contributed by atoms with E-state index < -0.39 is 15.5 Å². The highest BCUT2D eigenvalue weighted by molar-refractivity contribution is 7.93. The maximum atomic E-state index is 15.5. The number of carbonyl (C=O) groups excluding carboxylic acids is 1. The molecule has 8 nitrogen and oxygen atoms in total. The van der Waals surface area contributed by atoms with Crippen LogP contribution in [0.15, 0.2) is 65.3 Å². The monoisotopic (exact) mass is 546 g/mol. The molecule has 1 aliphatic heterocycles. The number of nitrogen functional groups attached to an aromatic ring is 1. The molecule has 10 heteroatoms. The fourth-order valence-corrected chi connectivity index (χ4v) is 7.29. The van der Waals surface area contributed by atoms with E-state index in [-0.39, 0.29) is 17.4 Å². The van der Waals surface area contributed by atoms with E-state index in [1.54, 1.807) is 26.1 Å². The molecule has 0 atom stereocenters. The van der Waals surface area contributed by atoms with Gasteiger partial charge in [0.2, 0.25) is 0 Å². The van der Waals surface area contributed by atoms with Crippen molar-refractivity contribution in [2.24, 2.45) is 11.4 Å². The van der Waals surface area contributed by atoms with Gasteiger partial charge in [0.05, 0.1) is 20.8 Å². The number of rotatable bonds is 5. The van der Waals surface area contributed by atoms with E-state index in [0.717, 1.165) is 30.5 Å². The van der Waals surface area contributed by atoms with E-state index in [1.165, 1.54) is 17.3 Å². The van der Waals surface area contributed by atoms with Crippen molar-refractivity contribution in [3.05, 3.63) is 66.8 Å². The summed E-state index contributed by atoms with van der Waals surface area (Å²) in [5, 5.41) is 0.607. The van der Waals surface area contributed by atoms with Crippen LogP contribution in [0.25, 0.3) is 33.4 Å². The average Bonchev–Trinajstić information content (AvgIpc) is 3.22. The van der Waals surface area contributed by atoms with Gasteiger partial charge in [-0.2, -0.15) is 4.36 Å². The first-order chi connectivity index (χ1) is 18.6. The summed E-state index contributed by atoms with van der Waals surface area (Å²) in [5.41, 5.74) is 11.0. The molecule has 2 aromatic heterocycles. The van der Waals surface area contributed by atoms with Crippen molar-refractivity contribution in [2.75, 3.05) is 29.2 Å². The molecule has 0 unspecified atom stereocenters. The number of nitrogens with two attached hydrogens (primary N) is 1. The Bertz CT molecular complexity index is 1720. The summed E-state index contributed by atoms with van der Waals surface area (Å²) in [5.74, 6) is 0.554. The lowest BCUT2D eigenvalue weighted by molar-refractivity contribution is -0.114. The zero-order valence-electron chi connectivity index (χ0n) is 22.3. The number of fused-ring (bicyclic) bond motifs is 1. The Morgan fingerprint density at radius 1 is 1.10 bits per heavy atom. The number of amides is 1. The Kier molecular flexibility index (Phi) is 6.98. The first-order valence-corrected chi connectivity index (χ1v) is 14.6. The van der Waals surface area contributed by atoms with E-state index >= 15 is 4.39 Å². The third-order valence-corrected chi connectivity index (χ3v) is 9.50. The number of carbonyl (C=O) groups is 1. The quantitative estimate of drug-likeness (QED) is 0.316. The van der Waals surface area contributed by atoms with Gasteiger partial charge in [-0.3, -0.25) is 4.79 Å². The molecule has 2 N–H and O–H groups in total. The molecule has 3 heterocycles. The molecule has 1 fully saturated rings. The van der Waals surface area contributed by atoms with Crippen LogP contribution >= 0.6 is 0 Å². The Hall–Kier alpha value is -4.05. The number of hydrogen-bond donors (Lipinski definition) is 1. The zero-order chi connectivity index (χ0) is 27.9. The van der Waals surface area contributed by atoms with Crippen LogP contribution in [-0.4, -0.2) is 43.2 Å². The van der Waals surface area contributed by atoms with Crippen LogP contribution in [0.4, 0.5) is 21.6 Å². The van der Waals surface area contributed by atoms with Crippen LogP contribution in [0, 0.1) is 5.82 Å². The first-order valence-electron chi connectivity index (χ1n) is 12.7. The van der Waals surface area contributed by atoms with Crippen LogP contribution in [0.2, 0.25) is 0 Å². The summed E-state index contributed by atoms with van der Waals surface area (Å²) in [4.78, 5) is 22.6. The molecule has 0 saturated carbocycles. The predicted molar refractivity (Wildman–Crippen MR) is 156 cm³/mol. The van der Waals surface area contributed by atoms with Crippen LogP contribution in [-0.2, 0) is 21.6 Å². The predicted octanol–water partition coefficient (Wildman–Crippen LogP) is 5.85. The van der Waals surface area contributed by atoms with Crippen LogP contribution < -0.4 is 10.6 Å². The Labute approximate surface area is 227 Å². The molecule has 1 aliphatic rings. The van der Waals surface area contributed by atoms with Gasteiger partial charge in [0.15, 0.2) is 0 Å². The third-order valence-electron chi connectivity index (χ3n) is 7.12. The van der Waals surface area contributed by atoms with Crippen molar-refractivity contribution in [3.8, 4) is 22.4 Å². The van der Waals surface area contributed by atoms with E-state index in [1.807, 2.05) is 35.9 Å². The standard InChI is InChI=1S/C29H31FN6O2S/c1-18(2)29(37)35(3)21-11-8-19(9-12-21)26-24(25-27(31)32-17-33-28(25)36(26)4)20-10-13-23(22(30)16-20)34-39(38)14-6-5-7-15-39/h8-13,16-17H,1,5-7,14-15H2,2-4H3,(H2,31,32,33). The van der Waals surface area contributed by atoms with Gasteiger partial charge in [-0.1, -0.05) is 31.2 Å². The molecular formula is C29H31FN6O2S. The minimum Gasteiger partial charge on any atom is -0.383 e. The van der Waals surface area contributed by atoms with Gasteiger partial charge in [0, 0.05) is 42.4 Å². The number of benzene rings is 2. The highest BCUT2D eigenvalue weighted by Gasteiger charge is 2.23. The number of anilines is 2. The maximum Gasteiger partial charge on any atom is 0.253 e. The number of nitrogens with zero attached hydrogens (tertiary/aromatic N) is 5. The van der Waals surface area contributed by atoms with Gasteiger partial charge in [-0.25, -0.2) is 18.6 Å². The fourth-order valence-electron chi connectivity index (χ4n) is 5.08. The molecule has 2 aromatic carbocycles. The van der Waals surface area contributed by atoms with Gasteiger partial charge < -0.3 is 15.2 Å². The second kappa shape index (κ2) is 10.3. The summed E-state index contributed by atoms with van der Waals surface area (Å²) in [6.07, 6.45) is 4.12. The number of aromatic nitrogens is 3. The lowest BCUT2D eigenvalue weighted by atomic mass is 9.98. The van der Waals surface area contributed by atoms with E-state index in [9.17, 15) is 9.00 Å². The van der Waals surface area contributed by atoms with Crippen molar-refractivity contribution in [3.63, 3.8) is 0 Å². The summed E-state index contributed by atoms with van der Waals surface area (Å²) in [6.45, 7) is 5.41. The molecule has 1 amide bonds. The SMILES string of the molecule is C=C(C)C(=O)N(C)c1ccc(-c2c(-c3ccc(N=S4(=O)CCCCC4)c(F)c3)c3c(N)ncnc3n2C)cc1. The van der Waals surface area contributed by atoms with E-state index in [4.69, 9.17) is 5.73 Å². The molecule has 39 heavy (non-hydrogen) atoms. The van der Waals surface area contributed by atoms with Gasteiger partial charge in [-0.15, -0.1) is 0 Å². The second-order valence-corrected chi connectivity index (χ2v) is 12.5. The van der Waals surface area contributed by atoms with Crippen molar-refractivity contribution >= 4 is 43.9 Å². The number of hydrogen-bond acceptors (Lipinski definition) is 6. The number of halogens is 1. The van der Waals surface area contributed by atoms with Crippen molar-refractivity contribution in [1.82, 2.24) is 14.5 Å². The smallest absolute Gasteiger partial charge is 0.253 e. The van der Waals surface area contributed by atoms with Crippen LogP contribution in [0.1, 0.15) is 26.2 Å². The molecule has 1 saturated heterocycles. The molecule has 0 aliphatic carbocycles. The summed E-state index contributed by atoms with van der Waals surface area (Å²) in [6, 6.07) is 12.2. The maximum absolute atomic E-state index is 15.5. The highest BCUT2D eigenvalue weighted by atomic mass is 32.2. The summed E-state index contributed by atoms with van der Waals surface area (Å²) < 4.78 is 34.8. The minimum absolute atomic E-state index is 0.103. The molecule has 4 aromatic rings. The Morgan fingerprint density at radius 3 is 2.41 bits per heavy atom. The molecule has 0 spiro atoms. The molecule has 0 bridgehead atoms. The van der Waals surface area contributed by atoms with E-state index in [0.29, 0.717) is 44.9 Å². The van der Waals surface area contributed by atoms with Crippen LogP contribution in [0.3, 0.4) is 0 Å². The lowest BCUT2D eigenvalue weighted by Crippen LogP contribution is -2.26.